The number of benzene rings is 1. The van der Waals surface area contributed by atoms with Crippen LogP contribution in [0.25, 0.3) is 10.8 Å². The second kappa shape index (κ2) is 2.99. The predicted octanol–water partition coefficient (Wildman–Crippen LogP) is 1.52. The standard InChI is InChI=1S/C10H8N2O2/c11-9-4-8-3-6(10(13)14)1-2-7(8)5-12-9/h1-5H,(H2,11,12)(H,13,14). The fourth-order valence-corrected chi connectivity index (χ4v) is 1.29. The van der Waals surface area contributed by atoms with Crippen molar-refractivity contribution in [3.05, 3.63) is 36.0 Å². The van der Waals surface area contributed by atoms with Crippen LogP contribution >= 0.6 is 0 Å². The third kappa shape index (κ3) is 1.37. The molecule has 0 saturated carbocycles. The minimum Gasteiger partial charge on any atom is -0.478 e. The van der Waals surface area contributed by atoms with E-state index in [1.807, 2.05) is 0 Å². The monoisotopic (exact) mass is 188 g/mol. The normalized spacial score (nSPS) is 10.3. The molecule has 14 heavy (non-hydrogen) atoms. The van der Waals surface area contributed by atoms with E-state index < -0.39 is 5.97 Å². The maximum atomic E-state index is 10.7. The molecule has 0 aliphatic rings. The summed E-state index contributed by atoms with van der Waals surface area (Å²) < 4.78 is 0. The number of carbonyl (C=O) groups is 1. The minimum absolute atomic E-state index is 0.253. The molecule has 1 aromatic carbocycles. The molecule has 1 heterocycles. The van der Waals surface area contributed by atoms with Crippen molar-refractivity contribution < 1.29 is 9.90 Å². The van der Waals surface area contributed by atoms with Crippen molar-refractivity contribution in [1.29, 1.82) is 0 Å². The first-order valence-electron chi connectivity index (χ1n) is 4.05. The Morgan fingerprint density at radius 3 is 2.79 bits per heavy atom. The van der Waals surface area contributed by atoms with Crippen LogP contribution in [0.5, 0.6) is 0 Å². The summed E-state index contributed by atoms with van der Waals surface area (Å²) in [5.74, 6) is -0.553. The summed E-state index contributed by atoms with van der Waals surface area (Å²) in [5, 5.41) is 10.4. The quantitative estimate of drug-likeness (QED) is 0.711. The Morgan fingerprint density at radius 2 is 2.07 bits per heavy atom. The van der Waals surface area contributed by atoms with E-state index in [0.717, 1.165) is 10.8 Å². The molecule has 0 fully saturated rings. The molecule has 4 heteroatoms. The van der Waals surface area contributed by atoms with Crippen LogP contribution in [0.2, 0.25) is 0 Å². The molecule has 0 radical (unpaired) electrons. The number of fused-ring (bicyclic) bond motifs is 1. The number of carboxylic acid groups (broad SMARTS) is 1. The maximum absolute atomic E-state index is 10.7. The van der Waals surface area contributed by atoms with Gasteiger partial charge in [0.05, 0.1) is 5.56 Å². The van der Waals surface area contributed by atoms with E-state index in [0.29, 0.717) is 5.82 Å². The van der Waals surface area contributed by atoms with Gasteiger partial charge in [-0.15, -0.1) is 0 Å². The number of rotatable bonds is 1. The Morgan fingerprint density at radius 1 is 1.29 bits per heavy atom. The van der Waals surface area contributed by atoms with E-state index in [1.165, 1.54) is 0 Å². The van der Waals surface area contributed by atoms with Crippen molar-refractivity contribution in [3.63, 3.8) is 0 Å². The molecule has 0 aliphatic carbocycles. The molecule has 0 amide bonds. The Kier molecular flexibility index (Phi) is 1.81. The summed E-state index contributed by atoms with van der Waals surface area (Å²) in [6.07, 6.45) is 1.62. The molecular weight excluding hydrogens is 180 g/mol. The summed E-state index contributed by atoms with van der Waals surface area (Å²) in [7, 11) is 0. The lowest BCUT2D eigenvalue weighted by molar-refractivity contribution is 0.0697. The fraction of sp³-hybridized carbons (Fsp3) is 0. The molecule has 0 unspecified atom stereocenters. The summed E-state index contributed by atoms with van der Waals surface area (Å²) in [6, 6.07) is 6.49. The predicted molar refractivity (Wildman–Crippen MR) is 53.1 cm³/mol. The van der Waals surface area contributed by atoms with Gasteiger partial charge >= 0.3 is 5.97 Å². The molecule has 0 atom stereocenters. The smallest absolute Gasteiger partial charge is 0.335 e. The number of aromatic nitrogens is 1. The highest BCUT2D eigenvalue weighted by Crippen LogP contribution is 2.16. The van der Waals surface area contributed by atoms with Gasteiger partial charge in [0, 0.05) is 11.6 Å². The lowest BCUT2D eigenvalue weighted by Crippen LogP contribution is -1.96. The zero-order valence-corrected chi connectivity index (χ0v) is 7.27. The largest absolute Gasteiger partial charge is 0.478 e. The molecule has 4 nitrogen and oxygen atoms in total. The number of nitrogens with two attached hydrogens (primary N) is 1. The Hall–Kier alpha value is -2.10. The number of anilines is 1. The number of nitrogen functional groups attached to an aromatic ring is 1. The van der Waals surface area contributed by atoms with Crippen LogP contribution in [0.1, 0.15) is 10.4 Å². The van der Waals surface area contributed by atoms with Crippen molar-refractivity contribution in [1.82, 2.24) is 4.98 Å². The van der Waals surface area contributed by atoms with Gasteiger partial charge in [-0.25, -0.2) is 9.78 Å². The molecule has 3 N–H and O–H groups in total. The molecule has 2 aromatic rings. The van der Waals surface area contributed by atoms with Gasteiger partial charge in [-0.2, -0.15) is 0 Å². The van der Waals surface area contributed by atoms with Gasteiger partial charge in [-0.3, -0.25) is 0 Å². The first-order valence-corrected chi connectivity index (χ1v) is 4.05. The highest BCUT2D eigenvalue weighted by molar-refractivity contribution is 5.94. The SMILES string of the molecule is Nc1cc2cc(C(=O)O)ccc2cn1. The number of hydrogen-bond donors (Lipinski definition) is 2. The highest BCUT2D eigenvalue weighted by Gasteiger charge is 2.03. The van der Waals surface area contributed by atoms with Crippen molar-refractivity contribution >= 4 is 22.6 Å². The Labute approximate surface area is 80.0 Å². The first-order chi connectivity index (χ1) is 6.66. The summed E-state index contributed by atoms with van der Waals surface area (Å²) >= 11 is 0. The Bertz CT molecular complexity index is 508. The van der Waals surface area contributed by atoms with Crippen molar-refractivity contribution in [3.8, 4) is 0 Å². The maximum Gasteiger partial charge on any atom is 0.335 e. The fourth-order valence-electron chi connectivity index (χ4n) is 1.29. The van der Waals surface area contributed by atoms with E-state index in [9.17, 15) is 4.79 Å². The summed E-state index contributed by atoms with van der Waals surface area (Å²) in [5.41, 5.74) is 5.74. The molecular formula is C10H8N2O2. The average molecular weight is 188 g/mol. The van der Waals surface area contributed by atoms with Crippen LogP contribution in [-0.2, 0) is 0 Å². The van der Waals surface area contributed by atoms with E-state index in [2.05, 4.69) is 4.98 Å². The molecule has 0 aliphatic heterocycles. The van der Waals surface area contributed by atoms with Crippen LogP contribution in [-0.4, -0.2) is 16.1 Å². The summed E-state index contributed by atoms with van der Waals surface area (Å²) in [4.78, 5) is 14.6. The number of hydrogen-bond acceptors (Lipinski definition) is 3. The van der Waals surface area contributed by atoms with Gasteiger partial charge in [0.1, 0.15) is 5.82 Å². The lowest BCUT2D eigenvalue weighted by atomic mass is 10.1. The van der Waals surface area contributed by atoms with Crippen LogP contribution < -0.4 is 5.73 Å². The third-order valence-corrected chi connectivity index (χ3v) is 1.99. The van der Waals surface area contributed by atoms with E-state index in [4.69, 9.17) is 10.8 Å². The lowest BCUT2D eigenvalue weighted by Gasteiger charge is -2.00. The van der Waals surface area contributed by atoms with Gasteiger partial charge in [0.15, 0.2) is 0 Å². The van der Waals surface area contributed by atoms with Gasteiger partial charge in [0.2, 0.25) is 0 Å². The van der Waals surface area contributed by atoms with Crippen molar-refractivity contribution in [2.75, 3.05) is 5.73 Å². The van der Waals surface area contributed by atoms with Crippen molar-refractivity contribution in [2.45, 2.75) is 0 Å². The van der Waals surface area contributed by atoms with Crippen LogP contribution in [0.4, 0.5) is 5.82 Å². The van der Waals surface area contributed by atoms with E-state index in [1.54, 1.807) is 30.5 Å². The second-order valence-corrected chi connectivity index (χ2v) is 2.98. The molecule has 0 saturated heterocycles. The number of nitrogens with zero attached hydrogens (tertiary/aromatic N) is 1. The number of pyridine rings is 1. The zero-order chi connectivity index (χ0) is 10.1. The number of aromatic carboxylic acids is 1. The van der Waals surface area contributed by atoms with Crippen LogP contribution in [0.3, 0.4) is 0 Å². The first kappa shape index (κ1) is 8.50. The number of carboxylic acids is 1. The van der Waals surface area contributed by atoms with Gasteiger partial charge < -0.3 is 10.8 Å². The molecule has 0 spiro atoms. The zero-order valence-electron chi connectivity index (χ0n) is 7.27. The van der Waals surface area contributed by atoms with Crippen molar-refractivity contribution in [2.24, 2.45) is 0 Å². The van der Waals surface area contributed by atoms with Crippen LogP contribution in [0.15, 0.2) is 30.5 Å². The Balaban J connectivity index is 2.69. The molecule has 70 valence electrons. The highest BCUT2D eigenvalue weighted by atomic mass is 16.4. The second-order valence-electron chi connectivity index (χ2n) is 2.98. The van der Waals surface area contributed by atoms with Gasteiger partial charge in [-0.05, 0) is 23.6 Å². The molecule has 1 aromatic heterocycles. The minimum atomic E-state index is -0.942. The van der Waals surface area contributed by atoms with Crippen LogP contribution in [0, 0.1) is 0 Å². The van der Waals surface area contributed by atoms with Gasteiger partial charge in [0.25, 0.3) is 0 Å². The molecule has 2 rings (SSSR count). The van der Waals surface area contributed by atoms with E-state index in [-0.39, 0.29) is 5.56 Å². The molecule has 0 bridgehead atoms. The van der Waals surface area contributed by atoms with Gasteiger partial charge in [-0.1, -0.05) is 6.07 Å². The topological polar surface area (TPSA) is 76.2 Å². The average Bonchev–Trinajstić information content (AvgIpc) is 2.16. The van der Waals surface area contributed by atoms with E-state index >= 15 is 0 Å². The summed E-state index contributed by atoms with van der Waals surface area (Å²) in [6.45, 7) is 0. The third-order valence-electron chi connectivity index (χ3n) is 1.99.